The molecular weight excluding hydrogens is 561 g/mol. The van der Waals surface area contributed by atoms with Gasteiger partial charge < -0.3 is 18.6 Å². The third-order valence-corrected chi connectivity index (χ3v) is 13.6. The van der Waals surface area contributed by atoms with Crippen LogP contribution in [0.1, 0.15) is 26.3 Å². The number of halogens is 1. The van der Waals surface area contributed by atoms with Crippen LogP contribution in [0.15, 0.2) is 29.2 Å². The Balaban J connectivity index is 2.32. The quantitative estimate of drug-likeness (QED) is 0.125. The smallest absolute Gasteiger partial charge is 0.243 e. The molecule has 3 atom stereocenters. The van der Waals surface area contributed by atoms with Crippen molar-refractivity contribution in [1.82, 2.24) is 4.31 Å². The monoisotopic (exact) mass is 599 g/mol. The van der Waals surface area contributed by atoms with Crippen LogP contribution in [0.5, 0.6) is 0 Å². The van der Waals surface area contributed by atoms with Gasteiger partial charge in [0.2, 0.25) is 10.0 Å². The Morgan fingerprint density at radius 3 is 2.31 bits per heavy atom. The van der Waals surface area contributed by atoms with Crippen molar-refractivity contribution in [2.24, 2.45) is 0 Å². The normalized spacial score (nSPS) is 23.1. The van der Waals surface area contributed by atoms with E-state index in [9.17, 15) is 8.42 Å². The van der Waals surface area contributed by atoms with Crippen molar-refractivity contribution in [1.29, 1.82) is 0 Å². The first-order valence-corrected chi connectivity index (χ1v) is 16.7. The van der Waals surface area contributed by atoms with Crippen molar-refractivity contribution in [2.75, 3.05) is 38.1 Å². The van der Waals surface area contributed by atoms with E-state index in [2.05, 4.69) is 56.5 Å². The van der Waals surface area contributed by atoms with Gasteiger partial charge in [0, 0.05) is 18.1 Å². The standard InChI is InChI=1S/C22H38INO6SSi/c1-17-8-10-18(11-9-17)31(25,26)24-15-20(30-32(6,7)22(2,3)4)21(19(24)14-23)29-16-28-13-12-27-5/h8-11,19-21H,12-16H2,1-7H3/t19-,20-,21-/m1/s1. The Morgan fingerprint density at radius 2 is 1.78 bits per heavy atom. The molecule has 0 radical (unpaired) electrons. The van der Waals surface area contributed by atoms with E-state index in [-0.39, 0.29) is 30.5 Å². The van der Waals surface area contributed by atoms with Crippen molar-refractivity contribution in [3.63, 3.8) is 0 Å². The van der Waals surface area contributed by atoms with Gasteiger partial charge in [0.1, 0.15) is 12.9 Å². The summed E-state index contributed by atoms with van der Waals surface area (Å²) in [7, 11) is -4.23. The fourth-order valence-corrected chi connectivity index (χ4v) is 7.53. The van der Waals surface area contributed by atoms with E-state index < -0.39 is 24.4 Å². The molecule has 0 amide bonds. The summed E-state index contributed by atoms with van der Waals surface area (Å²) < 4.78 is 52.6. The molecule has 10 heteroatoms. The van der Waals surface area contributed by atoms with Gasteiger partial charge in [-0.05, 0) is 37.2 Å². The molecule has 1 fully saturated rings. The summed E-state index contributed by atoms with van der Waals surface area (Å²) in [5.74, 6) is 0. The first kappa shape index (κ1) is 28.2. The minimum absolute atomic E-state index is 0.00438. The summed E-state index contributed by atoms with van der Waals surface area (Å²) >= 11 is 2.23. The molecule has 7 nitrogen and oxygen atoms in total. The zero-order chi connectivity index (χ0) is 24.2. The summed E-state index contributed by atoms with van der Waals surface area (Å²) in [4.78, 5) is 0.293. The molecule has 1 heterocycles. The van der Waals surface area contributed by atoms with Crippen LogP contribution in [0.2, 0.25) is 18.1 Å². The van der Waals surface area contributed by atoms with Crippen molar-refractivity contribution in [3.05, 3.63) is 29.8 Å². The van der Waals surface area contributed by atoms with Gasteiger partial charge in [0.05, 0.1) is 30.3 Å². The zero-order valence-electron chi connectivity index (χ0n) is 20.3. The van der Waals surface area contributed by atoms with Crippen LogP contribution in [0.25, 0.3) is 0 Å². The second kappa shape index (κ2) is 11.6. The molecule has 0 bridgehead atoms. The molecule has 0 saturated carbocycles. The van der Waals surface area contributed by atoms with Crippen LogP contribution >= 0.6 is 22.6 Å². The van der Waals surface area contributed by atoms with E-state index in [0.717, 1.165) is 5.56 Å². The highest BCUT2D eigenvalue weighted by Crippen LogP contribution is 2.40. The molecule has 184 valence electrons. The number of rotatable bonds is 11. The Bertz CT molecular complexity index is 828. The average Bonchev–Trinajstić information content (AvgIpc) is 3.04. The van der Waals surface area contributed by atoms with Crippen LogP contribution in [0.4, 0.5) is 0 Å². The summed E-state index contributed by atoms with van der Waals surface area (Å²) in [6, 6.07) is 6.64. The van der Waals surface area contributed by atoms with Crippen molar-refractivity contribution >= 4 is 40.9 Å². The highest BCUT2D eigenvalue weighted by molar-refractivity contribution is 14.1. The van der Waals surface area contributed by atoms with E-state index in [0.29, 0.717) is 22.5 Å². The van der Waals surface area contributed by atoms with Gasteiger partial charge in [-0.15, -0.1) is 0 Å². The molecule has 1 aliphatic rings. The zero-order valence-corrected chi connectivity index (χ0v) is 24.2. The summed E-state index contributed by atoms with van der Waals surface area (Å²) in [6.07, 6.45) is -0.773. The van der Waals surface area contributed by atoms with Crippen LogP contribution in [-0.2, 0) is 28.7 Å². The number of alkyl halides is 1. The molecular formula is C22H38INO6SSi. The molecule has 1 aliphatic heterocycles. The van der Waals surface area contributed by atoms with Crippen molar-refractivity contribution in [3.8, 4) is 0 Å². The number of hydrogen-bond acceptors (Lipinski definition) is 6. The van der Waals surface area contributed by atoms with Gasteiger partial charge in [0.15, 0.2) is 8.32 Å². The van der Waals surface area contributed by atoms with Crippen molar-refractivity contribution < 1.29 is 27.1 Å². The lowest BCUT2D eigenvalue weighted by atomic mass is 10.2. The summed E-state index contributed by atoms with van der Waals surface area (Å²) in [5, 5.41) is -0.00438. The van der Waals surface area contributed by atoms with Crippen LogP contribution in [-0.4, -0.2) is 77.4 Å². The second-order valence-electron chi connectivity index (χ2n) is 9.68. The maximum Gasteiger partial charge on any atom is 0.243 e. The number of methoxy groups -OCH3 is 1. The molecule has 0 aromatic heterocycles. The molecule has 1 saturated heterocycles. The third-order valence-electron chi connectivity index (χ3n) is 6.29. The molecule has 1 aromatic carbocycles. The number of nitrogens with zero attached hydrogens (tertiary/aromatic N) is 1. The molecule has 0 aliphatic carbocycles. The minimum Gasteiger partial charge on any atom is -0.410 e. The van der Waals surface area contributed by atoms with Gasteiger partial charge >= 0.3 is 0 Å². The summed E-state index contributed by atoms with van der Waals surface area (Å²) in [5.41, 5.74) is 1.02. The Morgan fingerprint density at radius 1 is 1.16 bits per heavy atom. The number of hydrogen-bond donors (Lipinski definition) is 0. The predicted molar refractivity (Wildman–Crippen MR) is 137 cm³/mol. The molecule has 32 heavy (non-hydrogen) atoms. The van der Waals surface area contributed by atoms with E-state index in [1.54, 1.807) is 23.5 Å². The minimum atomic E-state index is -3.69. The van der Waals surface area contributed by atoms with Gasteiger partial charge in [-0.1, -0.05) is 61.1 Å². The van der Waals surface area contributed by atoms with E-state index >= 15 is 0 Å². The van der Waals surface area contributed by atoms with Gasteiger partial charge in [0.25, 0.3) is 0 Å². The lowest BCUT2D eigenvalue weighted by molar-refractivity contribution is -0.120. The SMILES string of the molecule is COCCOCO[C@@H]1[C@@H](CI)N(S(=O)(=O)c2ccc(C)cc2)C[C@H]1O[Si](C)(C)C(C)(C)C. The molecule has 1 aromatic rings. The van der Waals surface area contributed by atoms with Crippen LogP contribution in [0.3, 0.4) is 0 Å². The fourth-order valence-electron chi connectivity index (χ4n) is 3.32. The van der Waals surface area contributed by atoms with E-state index in [4.69, 9.17) is 18.6 Å². The Labute approximate surface area is 208 Å². The van der Waals surface area contributed by atoms with Gasteiger partial charge in [-0.25, -0.2) is 8.42 Å². The predicted octanol–water partition coefficient (Wildman–Crippen LogP) is 4.20. The molecule has 0 N–H and O–H groups in total. The summed E-state index contributed by atoms with van der Waals surface area (Å²) in [6.45, 7) is 14.0. The average molecular weight is 600 g/mol. The lowest BCUT2D eigenvalue weighted by Crippen LogP contribution is -2.48. The Hall–Kier alpha value is -0.0831. The highest BCUT2D eigenvalue weighted by Gasteiger charge is 2.51. The highest BCUT2D eigenvalue weighted by atomic mass is 127. The third kappa shape index (κ3) is 6.74. The Kier molecular flexibility index (Phi) is 10.2. The van der Waals surface area contributed by atoms with Crippen LogP contribution < -0.4 is 0 Å². The van der Waals surface area contributed by atoms with E-state index in [1.807, 2.05) is 19.1 Å². The van der Waals surface area contributed by atoms with E-state index in [1.165, 1.54) is 0 Å². The fraction of sp³-hybridized carbons (Fsp3) is 0.727. The lowest BCUT2D eigenvalue weighted by Gasteiger charge is -2.39. The first-order chi connectivity index (χ1) is 14.8. The topological polar surface area (TPSA) is 74.3 Å². The molecule has 0 spiro atoms. The molecule has 0 unspecified atom stereocenters. The van der Waals surface area contributed by atoms with Gasteiger partial charge in [-0.3, -0.25) is 0 Å². The maximum atomic E-state index is 13.6. The number of sulfonamides is 1. The first-order valence-electron chi connectivity index (χ1n) is 10.9. The number of aryl methyl sites for hydroxylation is 1. The number of benzene rings is 1. The number of ether oxygens (including phenoxy) is 3. The van der Waals surface area contributed by atoms with Gasteiger partial charge in [-0.2, -0.15) is 4.31 Å². The van der Waals surface area contributed by atoms with Crippen molar-refractivity contribution in [2.45, 2.75) is 69.0 Å². The maximum absolute atomic E-state index is 13.6. The molecule has 2 rings (SSSR count). The largest absolute Gasteiger partial charge is 0.410 e. The second-order valence-corrected chi connectivity index (χ2v) is 17.2. The van der Waals surface area contributed by atoms with Crippen LogP contribution in [0, 0.1) is 6.92 Å².